The Kier molecular flexibility index (Phi) is 14.1. The summed E-state index contributed by atoms with van der Waals surface area (Å²) in [7, 11) is -8.70. The van der Waals surface area contributed by atoms with E-state index >= 15 is 0 Å². The Morgan fingerprint density at radius 2 is 0.908 bits per heavy atom. The van der Waals surface area contributed by atoms with Crippen molar-refractivity contribution in [3.63, 3.8) is 0 Å². The number of anilines is 4. The number of aryl methyl sites for hydroxylation is 2. The van der Waals surface area contributed by atoms with Crippen LogP contribution >= 0.6 is 0 Å². The van der Waals surface area contributed by atoms with E-state index in [1.165, 1.54) is 48.6 Å². The van der Waals surface area contributed by atoms with Gasteiger partial charge in [0.15, 0.2) is 11.6 Å². The van der Waals surface area contributed by atoms with Crippen LogP contribution in [0.2, 0.25) is 0 Å². The Balaban J connectivity index is 0.000000186. The number of aromatic amines is 2. The predicted octanol–water partition coefficient (Wildman–Crippen LogP) is 8.25. The maximum absolute atomic E-state index is 13.6. The molecule has 2 aliphatic carbocycles. The molecule has 2 amide bonds. The second-order valence-electron chi connectivity index (χ2n) is 18.0. The largest absolute Gasteiger partial charge is 0.481 e. The summed E-state index contributed by atoms with van der Waals surface area (Å²) in [4.78, 5) is 78.5. The Morgan fingerprint density at radius 3 is 1.26 bits per heavy atom. The van der Waals surface area contributed by atoms with Crippen LogP contribution in [0.15, 0.2) is 82.6 Å². The molecule has 4 heterocycles. The first-order valence-corrected chi connectivity index (χ1v) is 26.3. The van der Waals surface area contributed by atoms with Gasteiger partial charge in [-0.25, -0.2) is 34.4 Å². The molecule has 0 fully saturated rings. The number of nitrogens with one attached hydrogen (secondary N) is 6. The smallest absolute Gasteiger partial charge is 0.303 e. The number of aromatic nitrogens is 2. The summed E-state index contributed by atoms with van der Waals surface area (Å²) in [6.07, 6.45) is 6.03. The molecular formula is C52H42F4N6O12S2. The van der Waals surface area contributed by atoms with Gasteiger partial charge < -0.3 is 30.8 Å². The molecule has 0 atom stereocenters. The maximum atomic E-state index is 13.6. The number of rotatable bonds is 14. The van der Waals surface area contributed by atoms with Crippen LogP contribution in [0, 0.1) is 23.3 Å². The molecule has 76 heavy (non-hydrogen) atoms. The summed E-state index contributed by atoms with van der Waals surface area (Å²) in [6, 6.07) is 12.4. The summed E-state index contributed by atoms with van der Waals surface area (Å²) >= 11 is 0. The van der Waals surface area contributed by atoms with E-state index in [2.05, 4.69) is 30.0 Å². The minimum absolute atomic E-state index is 0.0443. The minimum Gasteiger partial charge on any atom is -0.481 e. The highest BCUT2D eigenvalue weighted by atomic mass is 32.2. The third-order valence-corrected chi connectivity index (χ3v) is 15.5. The number of carbonyl (C=O) groups is 6. The summed E-state index contributed by atoms with van der Waals surface area (Å²) in [5, 5.41) is 23.8. The second-order valence-corrected chi connectivity index (χ2v) is 21.4. The average molecular weight is 1080 g/mol. The van der Waals surface area contributed by atoms with Gasteiger partial charge in [-0.15, -0.1) is 0 Å². The van der Waals surface area contributed by atoms with Crippen molar-refractivity contribution in [2.45, 2.75) is 74.0 Å². The van der Waals surface area contributed by atoms with Crippen LogP contribution in [-0.2, 0) is 64.9 Å². The fourth-order valence-electron chi connectivity index (χ4n) is 9.49. The number of carboxylic acid groups (broad SMARTS) is 2. The van der Waals surface area contributed by atoms with Crippen molar-refractivity contribution in [2.24, 2.45) is 0 Å². The van der Waals surface area contributed by atoms with E-state index in [4.69, 9.17) is 0 Å². The number of amides is 2. The van der Waals surface area contributed by atoms with E-state index < -0.39 is 76.9 Å². The number of sulfonamides is 2. The van der Waals surface area contributed by atoms with Gasteiger partial charge in [-0.2, -0.15) is 0 Å². The predicted molar refractivity (Wildman–Crippen MR) is 268 cm³/mol. The van der Waals surface area contributed by atoms with Crippen LogP contribution < -0.4 is 20.1 Å². The van der Waals surface area contributed by atoms with E-state index in [9.17, 15) is 73.4 Å². The lowest BCUT2D eigenvalue weighted by Gasteiger charge is -2.11. The number of hydrogen-bond donors (Lipinski definition) is 8. The van der Waals surface area contributed by atoms with E-state index in [1.54, 1.807) is 0 Å². The first-order valence-electron chi connectivity index (χ1n) is 23.3. The van der Waals surface area contributed by atoms with E-state index in [-0.39, 0.29) is 59.8 Å². The van der Waals surface area contributed by atoms with Crippen molar-refractivity contribution < 1.29 is 73.4 Å². The molecule has 6 aromatic rings. The van der Waals surface area contributed by atoms with Gasteiger partial charge >= 0.3 is 11.9 Å². The molecule has 0 bridgehead atoms. The number of ketones is 2. The average Bonchev–Trinajstić information content (AvgIpc) is 4.09. The fraction of sp³-hybridized carbons (Fsp3) is 0.192. The standard InChI is InChI=1S/2C26H21F2N3O6S/c2*27-13-8-14(28)10-16(9-13)38(36,37)31-15-4-6-20-18(11-15)19(26(35)30-20)12-22-17(5-7-24(33)34)25-21(29-22)2-1-3-23(25)32/h2*4,6,8-12,29,31H,1-3,5,7H2,(H,30,35)(H,33,34)/b19-12-;. The van der Waals surface area contributed by atoms with Crippen molar-refractivity contribution in [3.05, 3.63) is 152 Å². The van der Waals surface area contributed by atoms with Gasteiger partial charge in [-0.05, 0) is 122 Å². The highest BCUT2D eigenvalue weighted by Crippen LogP contribution is 2.40. The summed E-state index contributed by atoms with van der Waals surface area (Å²) in [6.45, 7) is 0. The van der Waals surface area contributed by atoms with Crippen LogP contribution in [0.25, 0.3) is 23.3 Å². The first-order chi connectivity index (χ1) is 36.0. The molecule has 8 N–H and O–H groups in total. The number of fused-ring (bicyclic) bond motifs is 4. The van der Waals surface area contributed by atoms with Crippen LogP contribution in [0.3, 0.4) is 0 Å². The zero-order chi connectivity index (χ0) is 54.4. The highest BCUT2D eigenvalue weighted by molar-refractivity contribution is 7.93. The van der Waals surface area contributed by atoms with Crippen LogP contribution in [0.4, 0.5) is 40.3 Å². The topological polar surface area (TPSA) is 291 Å². The van der Waals surface area contributed by atoms with Gasteiger partial charge in [0.2, 0.25) is 0 Å². The molecule has 0 spiro atoms. The van der Waals surface area contributed by atoms with Crippen LogP contribution in [-0.4, -0.2) is 72.3 Å². The van der Waals surface area contributed by atoms with Gasteiger partial charge in [0.25, 0.3) is 31.9 Å². The van der Waals surface area contributed by atoms with Crippen LogP contribution in [0.5, 0.6) is 0 Å². The lowest BCUT2D eigenvalue weighted by Crippen LogP contribution is -2.13. The molecule has 0 unspecified atom stereocenters. The van der Waals surface area contributed by atoms with Crippen molar-refractivity contribution in [3.8, 4) is 0 Å². The van der Waals surface area contributed by atoms with Gasteiger partial charge in [0, 0.05) is 106 Å². The maximum Gasteiger partial charge on any atom is 0.303 e. The summed E-state index contributed by atoms with van der Waals surface area (Å²) in [5.74, 6) is -7.39. The van der Waals surface area contributed by atoms with Crippen molar-refractivity contribution in [1.29, 1.82) is 0 Å². The molecule has 0 radical (unpaired) electrons. The number of hydrogen-bond acceptors (Lipinski definition) is 10. The quantitative estimate of drug-likeness (QED) is 0.0378. The Hall–Kier alpha value is -8.64. The van der Waals surface area contributed by atoms with Crippen molar-refractivity contribution in [2.75, 3.05) is 20.1 Å². The molecule has 4 aliphatic rings. The van der Waals surface area contributed by atoms with E-state index in [0.717, 1.165) is 0 Å². The summed E-state index contributed by atoms with van der Waals surface area (Å²) in [5.41, 5.74) is 6.15. The first kappa shape index (κ1) is 52.2. The minimum atomic E-state index is -4.35. The molecule has 2 aliphatic heterocycles. The molecule has 0 saturated carbocycles. The van der Waals surface area contributed by atoms with Crippen LogP contribution in [0.1, 0.15) is 104 Å². The number of carbonyl (C=O) groups excluding carboxylic acids is 4. The highest BCUT2D eigenvalue weighted by Gasteiger charge is 2.32. The summed E-state index contributed by atoms with van der Waals surface area (Å²) < 4.78 is 110. The number of carboxylic acids is 2. The zero-order valence-electron chi connectivity index (χ0n) is 39.5. The molecule has 4 aromatic carbocycles. The number of halogens is 4. The molecule has 10 rings (SSSR count). The molecule has 24 heteroatoms. The lowest BCUT2D eigenvalue weighted by molar-refractivity contribution is -0.138. The lowest BCUT2D eigenvalue weighted by atomic mass is 9.91. The Labute approximate surface area is 429 Å². The zero-order valence-corrected chi connectivity index (χ0v) is 41.1. The van der Waals surface area contributed by atoms with E-state index in [1.807, 2.05) is 0 Å². The number of aliphatic carboxylic acids is 2. The van der Waals surface area contributed by atoms with E-state index in [0.29, 0.717) is 142 Å². The molecule has 18 nitrogen and oxygen atoms in total. The fourth-order valence-corrected chi connectivity index (χ4v) is 11.7. The monoisotopic (exact) mass is 1080 g/mol. The molecular weight excluding hydrogens is 1040 g/mol. The van der Waals surface area contributed by atoms with Crippen molar-refractivity contribution >= 4 is 101 Å². The Bertz CT molecular complexity index is 3520. The third-order valence-electron chi connectivity index (χ3n) is 12.8. The van der Waals surface area contributed by atoms with Gasteiger partial charge in [-0.3, -0.25) is 38.2 Å². The van der Waals surface area contributed by atoms with Crippen molar-refractivity contribution in [1.82, 2.24) is 9.97 Å². The number of Topliss-reactive ketones (excluding diaryl/α,β-unsaturated/α-hetero) is 2. The Morgan fingerprint density at radius 1 is 0.539 bits per heavy atom. The molecule has 392 valence electrons. The SMILES string of the molecule is O=C(O)CCc1c(/C=C2\C(=O)Nc3ccc(NS(=O)(=O)c4cc(F)cc(F)c4)cc32)[nH]c2c1C(=O)CCC2.O=C(O)CCc1c(C=C2C(=O)Nc3ccc(NS(=O)(=O)c4cc(F)cc(F)c4)cc32)[nH]c2c1C(=O)CCC2. The van der Waals surface area contributed by atoms with Gasteiger partial charge in [-0.1, -0.05) is 0 Å². The number of H-pyrrole nitrogens is 2. The third kappa shape index (κ3) is 10.9. The van der Waals surface area contributed by atoms with Gasteiger partial charge in [0.05, 0.1) is 20.9 Å². The second kappa shape index (κ2) is 20.6. The normalized spacial score (nSPS) is 15.8. The van der Waals surface area contributed by atoms with Gasteiger partial charge in [0.1, 0.15) is 23.3 Å². The number of benzene rings is 4. The molecule has 2 aromatic heterocycles. The molecule has 0 saturated heterocycles.